The Morgan fingerprint density at radius 2 is 1.20 bits per heavy atom. The molecule has 0 saturated carbocycles. The zero-order valence-corrected chi connectivity index (χ0v) is 10.1. The van der Waals surface area contributed by atoms with Crippen LogP contribution in [0.3, 0.4) is 0 Å². The molecule has 15 heavy (non-hydrogen) atoms. The van der Waals surface area contributed by atoms with Gasteiger partial charge in [-0.2, -0.15) is 0 Å². The summed E-state index contributed by atoms with van der Waals surface area (Å²) in [6, 6.07) is 0. The van der Waals surface area contributed by atoms with Gasteiger partial charge in [-0.05, 0) is 6.42 Å². The van der Waals surface area contributed by atoms with Crippen LogP contribution < -0.4 is 10.6 Å². The fourth-order valence-corrected chi connectivity index (χ4v) is 0.920. The van der Waals surface area contributed by atoms with Gasteiger partial charge in [-0.25, -0.2) is 0 Å². The number of carbonyl (C=O) groups excluding carboxylic acids is 2. The van der Waals surface area contributed by atoms with Gasteiger partial charge in [0.2, 0.25) is 11.8 Å². The molecule has 0 atom stereocenters. The highest BCUT2D eigenvalue weighted by Crippen LogP contribution is 1.91. The van der Waals surface area contributed by atoms with Crippen molar-refractivity contribution < 1.29 is 9.59 Å². The van der Waals surface area contributed by atoms with Crippen LogP contribution in [0.2, 0.25) is 0 Å². The van der Waals surface area contributed by atoms with Gasteiger partial charge in [0.25, 0.3) is 0 Å². The maximum absolute atomic E-state index is 11.1. The van der Waals surface area contributed by atoms with Crippen molar-refractivity contribution in [1.29, 1.82) is 0 Å². The summed E-state index contributed by atoms with van der Waals surface area (Å²) in [6.45, 7) is 8.67. The Morgan fingerprint density at radius 3 is 1.47 bits per heavy atom. The Balaban J connectivity index is 3.40. The average Bonchev–Trinajstić information content (AvgIpc) is 2.16. The number of rotatable bonds is 6. The Bertz CT molecular complexity index is 191. The number of carbonyl (C=O) groups is 2. The lowest BCUT2D eigenvalue weighted by molar-refractivity contribution is -0.124. The Kier molecular flexibility index (Phi) is 6.75. The first-order valence-corrected chi connectivity index (χ1v) is 5.50. The number of hydrogen-bond donors (Lipinski definition) is 2. The van der Waals surface area contributed by atoms with Crippen LogP contribution in [-0.2, 0) is 9.59 Å². The summed E-state index contributed by atoms with van der Waals surface area (Å²) in [5.41, 5.74) is 0. The maximum atomic E-state index is 11.1. The molecule has 0 aliphatic heterocycles. The van der Waals surface area contributed by atoms with Crippen LogP contribution in [-0.4, -0.2) is 24.9 Å². The monoisotopic (exact) mass is 214 g/mol. The summed E-state index contributed by atoms with van der Waals surface area (Å²) in [5.74, 6) is 0.167. The van der Waals surface area contributed by atoms with Crippen molar-refractivity contribution in [3.63, 3.8) is 0 Å². The van der Waals surface area contributed by atoms with Crippen LogP contribution in [0.25, 0.3) is 0 Å². The van der Waals surface area contributed by atoms with Crippen LogP contribution in [0.1, 0.15) is 34.1 Å². The predicted octanol–water partition coefficient (Wildman–Crippen LogP) is 0.921. The van der Waals surface area contributed by atoms with Gasteiger partial charge in [-0.1, -0.05) is 27.7 Å². The van der Waals surface area contributed by atoms with E-state index >= 15 is 0 Å². The first kappa shape index (κ1) is 13.9. The van der Waals surface area contributed by atoms with Crippen molar-refractivity contribution in [2.75, 3.05) is 13.1 Å². The van der Waals surface area contributed by atoms with Gasteiger partial charge in [0.05, 0.1) is 0 Å². The van der Waals surface area contributed by atoms with E-state index in [1.807, 2.05) is 27.7 Å². The standard InChI is InChI=1S/C11H22N2O2/c1-8(2)10(14)12-6-5-7-13-11(15)9(3)4/h8-9H,5-7H2,1-4H3,(H,12,14)(H,13,15). The van der Waals surface area contributed by atoms with Crippen LogP contribution in [0.15, 0.2) is 0 Å². The van der Waals surface area contributed by atoms with E-state index < -0.39 is 0 Å². The van der Waals surface area contributed by atoms with Gasteiger partial charge >= 0.3 is 0 Å². The van der Waals surface area contributed by atoms with Crippen LogP contribution in [0.5, 0.6) is 0 Å². The minimum Gasteiger partial charge on any atom is -0.356 e. The summed E-state index contributed by atoms with van der Waals surface area (Å²) in [7, 11) is 0. The molecular weight excluding hydrogens is 192 g/mol. The molecule has 0 bridgehead atoms. The predicted molar refractivity (Wildman–Crippen MR) is 60.3 cm³/mol. The summed E-state index contributed by atoms with van der Waals surface area (Å²) in [5, 5.41) is 5.59. The van der Waals surface area contributed by atoms with Crippen LogP contribution in [0, 0.1) is 11.8 Å². The van der Waals surface area contributed by atoms with Gasteiger partial charge < -0.3 is 10.6 Å². The van der Waals surface area contributed by atoms with Crippen molar-refractivity contribution in [2.45, 2.75) is 34.1 Å². The van der Waals surface area contributed by atoms with E-state index in [4.69, 9.17) is 0 Å². The first-order valence-electron chi connectivity index (χ1n) is 5.50. The van der Waals surface area contributed by atoms with Gasteiger partial charge in [-0.3, -0.25) is 9.59 Å². The fraction of sp³-hybridized carbons (Fsp3) is 0.818. The van der Waals surface area contributed by atoms with Crippen molar-refractivity contribution in [3.05, 3.63) is 0 Å². The average molecular weight is 214 g/mol. The minimum absolute atomic E-state index is 0.0234. The highest BCUT2D eigenvalue weighted by molar-refractivity contribution is 5.78. The number of amides is 2. The summed E-state index contributed by atoms with van der Waals surface area (Å²) < 4.78 is 0. The smallest absolute Gasteiger partial charge is 0.222 e. The molecule has 4 heteroatoms. The van der Waals surface area contributed by atoms with E-state index in [0.29, 0.717) is 13.1 Å². The van der Waals surface area contributed by atoms with Crippen molar-refractivity contribution in [1.82, 2.24) is 10.6 Å². The third-order valence-corrected chi connectivity index (χ3v) is 2.00. The number of nitrogens with one attached hydrogen (secondary N) is 2. The minimum atomic E-state index is 0.0234. The normalized spacial score (nSPS) is 10.5. The SMILES string of the molecule is CC(C)C(=O)NCCCNC(=O)C(C)C. The van der Waals surface area contributed by atoms with E-state index in [0.717, 1.165) is 6.42 Å². The highest BCUT2D eigenvalue weighted by atomic mass is 16.2. The van der Waals surface area contributed by atoms with Crippen LogP contribution >= 0.6 is 0 Å². The Hall–Kier alpha value is -1.06. The second-order valence-electron chi connectivity index (χ2n) is 4.25. The molecule has 0 aliphatic carbocycles. The Morgan fingerprint density at radius 1 is 0.867 bits per heavy atom. The summed E-state index contributed by atoms with van der Waals surface area (Å²) in [4.78, 5) is 22.3. The van der Waals surface area contributed by atoms with E-state index in [-0.39, 0.29) is 23.7 Å². The molecule has 0 spiro atoms. The molecule has 0 aromatic heterocycles. The topological polar surface area (TPSA) is 58.2 Å². The molecule has 4 nitrogen and oxygen atoms in total. The van der Waals surface area contributed by atoms with Crippen LogP contribution in [0.4, 0.5) is 0 Å². The molecule has 2 amide bonds. The zero-order valence-electron chi connectivity index (χ0n) is 10.1. The van der Waals surface area contributed by atoms with E-state index in [1.54, 1.807) is 0 Å². The van der Waals surface area contributed by atoms with Gasteiger partial charge in [0, 0.05) is 24.9 Å². The summed E-state index contributed by atoms with van der Waals surface area (Å²) in [6.07, 6.45) is 0.775. The lowest BCUT2D eigenvalue weighted by Gasteiger charge is -2.09. The molecule has 0 saturated heterocycles. The molecule has 0 rings (SSSR count). The second kappa shape index (κ2) is 7.26. The molecule has 0 unspecified atom stereocenters. The number of hydrogen-bond acceptors (Lipinski definition) is 2. The van der Waals surface area contributed by atoms with Crippen molar-refractivity contribution >= 4 is 11.8 Å². The van der Waals surface area contributed by atoms with Gasteiger partial charge in [0.15, 0.2) is 0 Å². The third kappa shape index (κ3) is 6.94. The lowest BCUT2D eigenvalue weighted by atomic mass is 10.2. The molecule has 0 aromatic rings. The Labute approximate surface area is 91.8 Å². The molecule has 0 heterocycles. The van der Waals surface area contributed by atoms with E-state index in [1.165, 1.54) is 0 Å². The lowest BCUT2D eigenvalue weighted by Crippen LogP contribution is -2.33. The largest absolute Gasteiger partial charge is 0.356 e. The molecule has 88 valence electrons. The van der Waals surface area contributed by atoms with Gasteiger partial charge in [-0.15, -0.1) is 0 Å². The quantitative estimate of drug-likeness (QED) is 0.646. The van der Waals surface area contributed by atoms with Gasteiger partial charge in [0.1, 0.15) is 0 Å². The highest BCUT2D eigenvalue weighted by Gasteiger charge is 2.06. The maximum Gasteiger partial charge on any atom is 0.222 e. The molecule has 0 fully saturated rings. The molecular formula is C11H22N2O2. The molecule has 0 radical (unpaired) electrons. The van der Waals surface area contributed by atoms with Crippen molar-refractivity contribution in [2.24, 2.45) is 11.8 Å². The molecule has 0 aliphatic rings. The molecule has 0 aromatic carbocycles. The van der Waals surface area contributed by atoms with E-state index in [2.05, 4.69) is 10.6 Å². The first-order chi connectivity index (χ1) is 6.95. The molecule has 2 N–H and O–H groups in total. The fourth-order valence-electron chi connectivity index (χ4n) is 0.920. The van der Waals surface area contributed by atoms with Crippen molar-refractivity contribution in [3.8, 4) is 0 Å². The van der Waals surface area contributed by atoms with E-state index in [9.17, 15) is 9.59 Å². The second-order valence-corrected chi connectivity index (χ2v) is 4.25. The third-order valence-electron chi connectivity index (χ3n) is 2.00. The summed E-state index contributed by atoms with van der Waals surface area (Å²) >= 11 is 0. The zero-order chi connectivity index (χ0) is 11.8.